The summed E-state index contributed by atoms with van der Waals surface area (Å²) >= 11 is 7.62. The number of ether oxygens (including phenoxy) is 1. The average molecular weight is 608 g/mol. The molecule has 5 heteroatoms. The monoisotopic (exact) mass is 606 g/mol. The molecule has 0 aliphatic heterocycles. The Morgan fingerprint density at radius 2 is 1.74 bits per heavy atom. The minimum absolute atomic E-state index is 0.0150. The molecule has 1 N–H and O–H groups in total. The second-order valence-electron chi connectivity index (χ2n) is 9.61. The number of alkyl halides is 2. The lowest BCUT2D eigenvalue weighted by atomic mass is 9.68. The van der Waals surface area contributed by atoms with E-state index < -0.39 is 5.60 Å². The molecule has 5 atom stereocenters. The van der Waals surface area contributed by atoms with Crippen LogP contribution in [0.25, 0.3) is 0 Å². The van der Waals surface area contributed by atoms with Gasteiger partial charge in [0, 0.05) is 4.83 Å². The van der Waals surface area contributed by atoms with Crippen molar-refractivity contribution in [2.24, 2.45) is 11.8 Å². The molecule has 2 nitrogen and oxygen atoms in total. The fraction of sp³-hybridized carbons (Fsp3) is 0.467. The molecule has 0 heterocycles. The van der Waals surface area contributed by atoms with E-state index in [0.29, 0.717) is 18.3 Å². The van der Waals surface area contributed by atoms with Crippen LogP contribution in [-0.2, 0) is 5.60 Å². The van der Waals surface area contributed by atoms with E-state index in [4.69, 9.17) is 4.74 Å². The molecule has 2 aromatic rings. The van der Waals surface area contributed by atoms with Crippen LogP contribution in [0.2, 0.25) is 0 Å². The fourth-order valence-corrected chi connectivity index (χ4v) is 6.14. The second kappa shape index (κ2) is 13.8. The van der Waals surface area contributed by atoms with Crippen molar-refractivity contribution >= 4 is 31.9 Å². The van der Waals surface area contributed by atoms with Crippen molar-refractivity contribution in [3.05, 3.63) is 89.8 Å². The number of aliphatic hydroxyl groups is 1. The quantitative estimate of drug-likeness (QED) is 0.182. The molecule has 0 amide bonds. The Labute approximate surface area is 226 Å². The van der Waals surface area contributed by atoms with E-state index in [-0.39, 0.29) is 21.4 Å². The highest BCUT2D eigenvalue weighted by Crippen LogP contribution is 2.47. The van der Waals surface area contributed by atoms with Gasteiger partial charge in [-0.1, -0.05) is 107 Å². The maximum absolute atomic E-state index is 13.1. The Morgan fingerprint density at radius 1 is 1.03 bits per heavy atom. The van der Waals surface area contributed by atoms with Crippen LogP contribution in [0.5, 0.6) is 5.75 Å². The van der Waals surface area contributed by atoms with E-state index in [9.17, 15) is 9.50 Å². The van der Waals surface area contributed by atoms with Crippen LogP contribution in [0.1, 0.15) is 57.9 Å². The summed E-state index contributed by atoms with van der Waals surface area (Å²) in [6.07, 6.45) is 12.2. The largest absolute Gasteiger partial charge is 0.494 e. The third kappa shape index (κ3) is 7.53. The van der Waals surface area contributed by atoms with Crippen molar-refractivity contribution in [2.75, 3.05) is 6.61 Å². The Bertz CT molecular complexity index is 960. The van der Waals surface area contributed by atoms with Crippen LogP contribution in [0.4, 0.5) is 4.39 Å². The van der Waals surface area contributed by atoms with E-state index in [1.54, 1.807) is 12.1 Å². The zero-order valence-corrected chi connectivity index (χ0v) is 23.8. The van der Waals surface area contributed by atoms with Crippen LogP contribution in [0.15, 0.2) is 78.4 Å². The van der Waals surface area contributed by atoms with Gasteiger partial charge in [0.2, 0.25) is 0 Å². The van der Waals surface area contributed by atoms with Crippen LogP contribution >= 0.6 is 31.9 Å². The summed E-state index contributed by atoms with van der Waals surface area (Å²) < 4.78 is 18.9. The molecule has 2 aromatic carbocycles. The lowest BCUT2D eigenvalue weighted by molar-refractivity contribution is -0.00572. The van der Waals surface area contributed by atoms with Gasteiger partial charge in [0.1, 0.15) is 17.2 Å². The molecule has 0 aromatic heterocycles. The summed E-state index contributed by atoms with van der Waals surface area (Å²) in [5, 5.41) is 12.6. The number of hydrogen-bond donors (Lipinski definition) is 1. The number of allylic oxidation sites excluding steroid dienone is 3. The van der Waals surface area contributed by atoms with Gasteiger partial charge in [-0.3, -0.25) is 0 Å². The molecule has 0 radical (unpaired) electrons. The number of unbranched alkanes of at least 4 members (excludes halogenated alkanes) is 1. The van der Waals surface area contributed by atoms with Gasteiger partial charge in [-0.2, -0.15) is 0 Å². The molecule has 1 aliphatic carbocycles. The zero-order valence-electron chi connectivity index (χ0n) is 20.7. The SMILES string of the molecule is CCCCC(CC(C)CCCOc1ccc(F)cc1)C(O)(C1=CC=CC(Br)C1Br)c1ccccc1. The molecule has 0 saturated heterocycles. The summed E-state index contributed by atoms with van der Waals surface area (Å²) in [5.41, 5.74) is 0.917. The van der Waals surface area contributed by atoms with Crippen molar-refractivity contribution in [3.8, 4) is 5.75 Å². The first-order valence-electron chi connectivity index (χ1n) is 12.7. The maximum Gasteiger partial charge on any atom is 0.123 e. The van der Waals surface area contributed by atoms with Crippen LogP contribution in [0.3, 0.4) is 0 Å². The number of hydrogen-bond acceptors (Lipinski definition) is 2. The third-order valence-electron chi connectivity index (χ3n) is 6.91. The summed E-state index contributed by atoms with van der Waals surface area (Å²) in [6.45, 7) is 5.08. The van der Waals surface area contributed by atoms with E-state index in [0.717, 1.165) is 49.7 Å². The Balaban J connectivity index is 1.75. The zero-order chi connectivity index (χ0) is 25.3. The Hall–Kier alpha value is -1.43. The van der Waals surface area contributed by atoms with Crippen LogP contribution in [0, 0.1) is 17.7 Å². The molecule has 190 valence electrons. The summed E-state index contributed by atoms with van der Waals surface area (Å²) in [5.74, 6) is 0.964. The lowest BCUT2D eigenvalue weighted by Gasteiger charge is -2.43. The van der Waals surface area contributed by atoms with Crippen molar-refractivity contribution in [1.82, 2.24) is 0 Å². The van der Waals surface area contributed by atoms with Gasteiger partial charge < -0.3 is 9.84 Å². The fourth-order valence-electron chi connectivity index (χ4n) is 5.00. The minimum Gasteiger partial charge on any atom is -0.494 e. The minimum atomic E-state index is -1.06. The predicted octanol–water partition coefficient (Wildman–Crippen LogP) is 8.73. The molecule has 35 heavy (non-hydrogen) atoms. The molecule has 3 rings (SSSR count). The van der Waals surface area contributed by atoms with E-state index in [1.165, 1.54) is 12.1 Å². The molecule has 0 saturated carbocycles. The van der Waals surface area contributed by atoms with Gasteiger partial charge in [-0.15, -0.1) is 0 Å². The molecular formula is C30H37Br2FO2. The van der Waals surface area contributed by atoms with Gasteiger partial charge >= 0.3 is 0 Å². The molecular weight excluding hydrogens is 571 g/mol. The third-order valence-corrected chi connectivity index (χ3v) is 9.52. The first kappa shape index (κ1) is 28.1. The molecule has 5 unspecified atom stereocenters. The van der Waals surface area contributed by atoms with Gasteiger partial charge in [0.15, 0.2) is 0 Å². The number of benzene rings is 2. The van der Waals surface area contributed by atoms with Gasteiger partial charge in [-0.25, -0.2) is 4.39 Å². The number of halogens is 3. The standard InChI is InChI=1S/C30H37Br2FO2/c1-3-4-11-24(21-22(2)10-9-20-35-26-18-16-25(33)17-19-26)30(34,23-12-6-5-7-13-23)27-14-8-15-28(31)29(27)32/h5-8,12-19,22,24,28-29,34H,3-4,9-11,20-21H2,1-2H3. The van der Waals surface area contributed by atoms with E-state index >= 15 is 0 Å². The smallest absolute Gasteiger partial charge is 0.123 e. The van der Waals surface area contributed by atoms with Crippen LogP contribution in [-0.4, -0.2) is 21.4 Å². The van der Waals surface area contributed by atoms with E-state index in [2.05, 4.69) is 70.0 Å². The van der Waals surface area contributed by atoms with Crippen LogP contribution < -0.4 is 4.74 Å². The lowest BCUT2D eigenvalue weighted by Crippen LogP contribution is -2.43. The summed E-state index contributed by atoms with van der Waals surface area (Å²) in [6, 6.07) is 16.3. The van der Waals surface area contributed by atoms with Crippen molar-refractivity contribution in [3.63, 3.8) is 0 Å². The Morgan fingerprint density at radius 3 is 2.43 bits per heavy atom. The van der Waals surface area contributed by atoms with Gasteiger partial charge in [0.25, 0.3) is 0 Å². The number of rotatable bonds is 13. The average Bonchev–Trinajstić information content (AvgIpc) is 2.87. The summed E-state index contributed by atoms with van der Waals surface area (Å²) in [4.78, 5) is 0.145. The van der Waals surface area contributed by atoms with Gasteiger partial charge in [0.05, 0.1) is 11.4 Å². The Kier molecular flexibility index (Phi) is 11.1. The highest BCUT2D eigenvalue weighted by molar-refractivity contribution is 9.12. The molecule has 1 aliphatic rings. The van der Waals surface area contributed by atoms with Crippen molar-refractivity contribution < 1.29 is 14.2 Å². The highest BCUT2D eigenvalue weighted by Gasteiger charge is 2.45. The highest BCUT2D eigenvalue weighted by atomic mass is 79.9. The summed E-state index contributed by atoms with van der Waals surface area (Å²) in [7, 11) is 0. The van der Waals surface area contributed by atoms with Gasteiger partial charge in [-0.05, 0) is 72.9 Å². The second-order valence-corrected chi connectivity index (χ2v) is 11.7. The predicted molar refractivity (Wildman–Crippen MR) is 151 cm³/mol. The normalized spacial score (nSPS) is 21.1. The first-order chi connectivity index (χ1) is 16.9. The first-order valence-corrected chi connectivity index (χ1v) is 14.5. The molecule has 0 spiro atoms. The van der Waals surface area contributed by atoms with Crippen molar-refractivity contribution in [1.29, 1.82) is 0 Å². The topological polar surface area (TPSA) is 29.5 Å². The molecule has 0 bridgehead atoms. The molecule has 0 fully saturated rings. The van der Waals surface area contributed by atoms with E-state index in [1.807, 2.05) is 24.3 Å². The van der Waals surface area contributed by atoms with Crippen molar-refractivity contribution in [2.45, 2.75) is 67.6 Å². The maximum atomic E-state index is 13.1.